The molecule has 1 aromatic carbocycles. The minimum atomic E-state index is 1.02. The average molecular weight is 253 g/mol. The van der Waals surface area contributed by atoms with Crippen LogP contribution in [0.1, 0.15) is 19.8 Å². The average Bonchev–Trinajstić information content (AvgIpc) is 2.56. The van der Waals surface area contributed by atoms with Crippen LogP contribution in [0, 0.1) is 0 Å². The maximum absolute atomic E-state index is 4.50. The summed E-state index contributed by atoms with van der Waals surface area (Å²) in [5.74, 6) is 0. The second kappa shape index (κ2) is 4.13. The van der Waals surface area contributed by atoms with E-state index in [-0.39, 0.29) is 0 Å². The predicted molar refractivity (Wildman–Crippen MR) is 62.3 cm³/mol. The van der Waals surface area contributed by atoms with Crippen molar-refractivity contribution in [3.05, 3.63) is 28.9 Å². The van der Waals surface area contributed by atoms with Crippen LogP contribution >= 0.6 is 15.9 Å². The van der Waals surface area contributed by atoms with Gasteiger partial charge in [0, 0.05) is 22.6 Å². The molecular formula is C11H13BrN2. The molecule has 0 fully saturated rings. The van der Waals surface area contributed by atoms with E-state index in [0.717, 1.165) is 16.5 Å². The monoisotopic (exact) mass is 252 g/mol. The minimum absolute atomic E-state index is 1.02. The number of benzene rings is 1. The van der Waals surface area contributed by atoms with E-state index in [1.807, 2.05) is 10.7 Å². The maximum Gasteiger partial charge on any atom is 0.0934 e. The molecule has 0 amide bonds. The molecule has 2 aromatic rings. The first kappa shape index (κ1) is 9.71. The molecule has 0 radical (unpaired) electrons. The Bertz CT molecular complexity index is 434. The van der Waals surface area contributed by atoms with Crippen molar-refractivity contribution in [3.63, 3.8) is 0 Å². The van der Waals surface area contributed by atoms with Crippen molar-refractivity contribution in [2.24, 2.45) is 0 Å². The fourth-order valence-corrected chi connectivity index (χ4v) is 1.82. The molecule has 2 nitrogen and oxygen atoms in total. The number of unbranched alkanes of at least 4 members (excludes halogenated alkanes) is 1. The van der Waals surface area contributed by atoms with Crippen molar-refractivity contribution in [1.29, 1.82) is 0 Å². The van der Waals surface area contributed by atoms with Gasteiger partial charge in [-0.2, -0.15) is 5.10 Å². The zero-order valence-electron chi connectivity index (χ0n) is 8.20. The molecule has 2 rings (SSSR count). The molecule has 1 aromatic heterocycles. The zero-order chi connectivity index (χ0) is 9.97. The summed E-state index contributed by atoms with van der Waals surface area (Å²) in [6.07, 6.45) is 4.51. The number of hydrogen-bond acceptors (Lipinski definition) is 1. The van der Waals surface area contributed by atoms with Gasteiger partial charge < -0.3 is 0 Å². The van der Waals surface area contributed by atoms with Gasteiger partial charge in [0.2, 0.25) is 0 Å². The van der Waals surface area contributed by atoms with E-state index in [1.165, 1.54) is 18.2 Å². The van der Waals surface area contributed by atoms with Crippen LogP contribution in [0.5, 0.6) is 0 Å². The molecule has 0 N–H and O–H groups in total. The van der Waals surface area contributed by atoms with Gasteiger partial charge in [-0.3, -0.25) is 4.68 Å². The molecule has 0 bridgehead atoms. The van der Waals surface area contributed by atoms with Crippen molar-refractivity contribution in [2.45, 2.75) is 26.3 Å². The number of halogens is 1. The lowest BCUT2D eigenvalue weighted by molar-refractivity contribution is 0.576. The summed E-state index contributed by atoms with van der Waals surface area (Å²) in [5.41, 5.74) is 1.07. The van der Waals surface area contributed by atoms with E-state index in [2.05, 4.69) is 46.3 Å². The van der Waals surface area contributed by atoms with E-state index in [1.54, 1.807) is 0 Å². The lowest BCUT2D eigenvalue weighted by Gasteiger charge is -1.96. The normalized spacial score (nSPS) is 11.0. The van der Waals surface area contributed by atoms with Crippen LogP contribution in [-0.4, -0.2) is 9.78 Å². The standard InChI is InChI=1S/C11H13BrN2/c1-2-3-6-14-8-9-4-5-10(12)7-11(9)13-14/h4-5,7-8H,2-3,6H2,1H3. The van der Waals surface area contributed by atoms with Crippen molar-refractivity contribution in [2.75, 3.05) is 0 Å². The van der Waals surface area contributed by atoms with E-state index in [9.17, 15) is 0 Å². The molecule has 0 saturated heterocycles. The molecule has 1 heterocycles. The zero-order valence-corrected chi connectivity index (χ0v) is 9.79. The Morgan fingerprint density at radius 1 is 1.43 bits per heavy atom. The molecule has 0 saturated carbocycles. The number of aryl methyl sites for hydroxylation is 1. The van der Waals surface area contributed by atoms with Crippen molar-refractivity contribution < 1.29 is 0 Å². The molecular weight excluding hydrogens is 240 g/mol. The van der Waals surface area contributed by atoms with Crippen LogP contribution in [-0.2, 0) is 6.54 Å². The third-order valence-electron chi connectivity index (χ3n) is 2.26. The molecule has 0 atom stereocenters. The van der Waals surface area contributed by atoms with Gasteiger partial charge in [0.15, 0.2) is 0 Å². The Morgan fingerprint density at radius 3 is 3.07 bits per heavy atom. The molecule has 0 unspecified atom stereocenters. The Morgan fingerprint density at radius 2 is 2.29 bits per heavy atom. The lowest BCUT2D eigenvalue weighted by atomic mass is 10.3. The summed E-state index contributed by atoms with van der Waals surface area (Å²) in [6.45, 7) is 3.21. The highest BCUT2D eigenvalue weighted by Gasteiger charge is 2.00. The summed E-state index contributed by atoms with van der Waals surface area (Å²) < 4.78 is 3.12. The Hall–Kier alpha value is -0.830. The van der Waals surface area contributed by atoms with Gasteiger partial charge in [-0.15, -0.1) is 0 Å². The number of nitrogens with zero attached hydrogens (tertiary/aromatic N) is 2. The number of aromatic nitrogens is 2. The van der Waals surface area contributed by atoms with Gasteiger partial charge in [0.25, 0.3) is 0 Å². The summed E-state index contributed by atoms with van der Waals surface area (Å²) in [7, 11) is 0. The van der Waals surface area contributed by atoms with Gasteiger partial charge in [-0.05, 0) is 18.6 Å². The predicted octanol–water partition coefficient (Wildman–Crippen LogP) is 3.60. The highest BCUT2D eigenvalue weighted by atomic mass is 79.9. The number of rotatable bonds is 3. The van der Waals surface area contributed by atoms with Crippen molar-refractivity contribution in [3.8, 4) is 0 Å². The lowest BCUT2D eigenvalue weighted by Crippen LogP contribution is -1.96. The number of fused-ring (bicyclic) bond motifs is 1. The fourth-order valence-electron chi connectivity index (χ4n) is 1.48. The van der Waals surface area contributed by atoms with Gasteiger partial charge in [0.1, 0.15) is 0 Å². The SMILES string of the molecule is CCCCn1cc2ccc(Br)cc2n1. The molecule has 0 aliphatic rings. The molecule has 74 valence electrons. The quantitative estimate of drug-likeness (QED) is 0.817. The second-order valence-corrected chi connectivity index (χ2v) is 4.36. The number of hydrogen-bond donors (Lipinski definition) is 0. The van der Waals surface area contributed by atoms with Gasteiger partial charge in [-0.1, -0.05) is 35.3 Å². The van der Waals surface area contributed by atoms with E-state index >= 15 is 0 Å². The third-order valence-corrected chi connectivity index (χ3v) is 2.75. The van der Waals surface area contributed by atoms with Crippen LogP contribution in [0.3, 0.4) is 0 Å². The smallest absolute Gasteiger partial charge is 0.0934 e. The Kier molecular flexibility index (Phi) is 2.87. The highest BCUT2D eigenvalue weighted by molar-refractivity contribution is 9.10. The van der Waals surface area contributed by atoms with E-state index in [4.69, 9.17) is 0 Å². The molecule has 0 aliphatic carbocycles. The minimum Gasteiger partial charge on any atom is -0.272 e. The molecule has 0 aliphatic heterocycles. The van der Waals surface area contributed by atoms with Crippen molar-refractivity contribution in [1.82, 2.24) is 9.78 Å². The third kappa shape index (κ3) is 1.98. The summed E-state index contributed by atoms with van der Waals surface area (Å²) in [6, 6.07) is 6.20. The molecule has 0 spiro atoms. The van der Waals surface area contributed by atoms with Crippen LogP contribution in [0.4, 0.5) is 0 Å². The Labute approximate surface area is 92.0 Å². The first-order valence-corrected chi connectivity index (χ1v) is 5.71. The van der Waals surface area contributed by atoms with Crippen LogP contribution < -0.4 is 0 Å². The first-order chi connectivity index (χ1) is 6.79. The van der Waals surface area contributed by atoms with E-state index < -0.39 is 0 Å². The van der Waals surface area contributed by atoms with Gasteiger partial charge >= 0.3 is 0 Å². The second-order valence-electron chi connectivity index (χ2n) is 3.45. The summed E-state index contributed by atoms with van der Waals surface area (Å²) in [5, 5.41) is 5.71. The summed E-state index contributed by atoms with van der Waals surface area (Å²) >= 11 is 3.45. The fraction of sp³-hybridized carbons (Fsp3) is 0.364. The largest absolute Gasteiger partial charge is 0.272 e. The van der Waals surface area contributed by atoms with Crippen LogP contribution in [0.25, 0.3) is 10.9 Å². The molecule has 3 heteroatoms. The first-order valence-electron chi connectivity index (χ1n) is 4.92. The molecule has 14 heavy (non-hydrogen) atoms. The maximum atomic E-state index is 4.50. The summed E-state index contributed by atoms with van der Waals surface area (Å²) in [4.78, 5) is 0. The highest BCUT2D eigenvalue weighted by Crippen LogP contribution is 2.18. The van der Waals surface area contributed by atoms with Crippen LogP contribution in [0.15, 0.2) is 28.9 Å². The topological polar surface area (TPSA) is 17.8 Å². The van der Waals surface area contributed by atoms with Gasteiger partial charge in [-0.25, -0.2) is 0 Å². The Balaban J connectivity index is 2.32. The van der Waals surface area contributed by atoms with Gasteiger partial charge in [0.05, 0.1) is 5.52 Å². The van der Waals surface area contributed by atoms with E-state index in [0.29, 0.717) is 0 Å². The van der Waals surface area contributed by atoms with Crippen LogP contribution in [0.2, 0.25) is 0 Å². The van der Waals surface area contributed by atoms with Crippen molar-refractivity contribution >= 4 is 26.8 Å².